The number of hydrogen-bond donors (Lipinski definition) is 0. The molecule has 1 aliphatic rings. The number of thioether (sulfide) groups is 1. The van der Waals surface area contributed by atoms with Crippen molar-refractivity contribution < 1.29 is 13.2 Å². The minimum Gasteiger partial charge on any atom is -0.338 e. The molecule has 1 saturated heterocycles. The van der Waals surface area contributed by atoms with Crippen LogP contribution in [0.15, 0.2) is 47.4 Å². The lowest BCUT2D eigenvalue weighted by molar-refractivity contribution is -0.130. The van der Waals surface area contributed by atoms with Gasteiger partial charge in [0.1, 0.15) is 0 Å². The maximum atomic E-state index is 12.7. The van der Waals surface area contributed by atoms with Crippen molar-refractivity contribution in [1.29, 1.82) is 0 Å². The fourth-order valence-corrected chi connectivity index (χ4v) is 5.82. The van der Waals surface area contributed by atoms with Crippen molar-refractivity contribution in [3.05, 3.63) is 42.5 Å². The van der Waals surface area contributed by atoms with Crippen LogP contribution in [0, 0.1) is 0 Å². The van der Waals surface area contributed by atoms with Crippen LogP contribution in [0.25, 0.3) is 10.8 Å². The van der Waals surface area contributed by atoms with Crippen molar-refractivity contribution >= 4 is 38.3 Å². The number of nitrogens with zero attached hydrogens (tertiary/aromatic N) is 1. The molecule has 0 spiro atoms. The normalized spacial score (nSPS) is 19.2. The number of fused-ring (bicyclic) bond motifs is 1. The summed E-state index contributed by atoms with van der Waals surface area (Å²) >= 11 is 1.52. The summed E-state index contributed by atoms with van der Waals surface area (Å²) in [7, 11) is -2.98. The summed E-state index contributed by atoms with van der Waals surface area (Å²) in [5.41, 5.74) is 0. The maximum absolute atomic E-state index is 12.7. The zero-order valence-corrected chi connectivity index (χ0v) is 16.0. The number of amides is 1. The molecule has 1 fully saturated rings. The van der Waals surface area contributed by atoms with Gasteiger partial charge in [0.15, 0.2) is 9.84 Å². The highest BCUT2D eigenvalue weighted by Gasteiger charge is 2.34. The van der Waals surface area contributed by atoms with Crippen molar-refractivity contribution in [3.63, 3.8) is 0 Å². The molecule has 0 N–H and O–H groups in total. The highest BCUT2D eigenvalue weighted by Crippen LogP contribution is 2.25. The van der Waals surface area contributed by atoms with Crippen molar-refractivity contribution in [1.82, 2.24) is 4.90 Å². The predicted octanol–water partition coefficient (Wildman–Crippen LogP) is 3.36. The van der Waals surface area contributed by atoms with Gasteiger partial charge < -0.3 is 4.90 Å². The third-order valence-corrected chi connectivity index (χ3v) is 7.25. The predicted molar refractivity (Wildman–Crippen MR) is 104 cm³/mol. The van der Waals surface area contributed by atoms with E-state index in [9.17, 15) is 13.2 Å². The minimum absolute atomic E-state index is 0.0297. The smallest absolute Gasteiger partial charge is 0.233 e. The first-order valence-electron chi connectivity index (χ1n) is 8.60. The highest BCUT2D eigenvalue weighted by atomic mass is 32.2. The average Bonchev–Trinajstić information content (AvgIpc) is 2.97. The van der Waals surface area contributed by atoms with Crippen LogP contribution in [-0.4, -0.2) is 49.1 Å². The molecule has 2 aromatic carbocycles. The summed E-state index contributed by atoms with van der Waals surface area (Å²) in [5, 5.41) is 2.34. The molecule has 0 bridgehead atoms. The average molecular weight is 378 g/mol. The van der Waals surface area contributed by atoms with Gasteiger partial charge in [0.05, 0.1) is 17.3 Å². The molecule has 2 aromatic rings. The lowest BCUT2D eigenvalue weighted by atomic mass is 10.1. The molecule has 1 atom stereocenters. The summed E-state index contributed by atoms with van der Waals surface area (Å²) in [6, 6.07) is 14.2. The number of carbonyl (C=O) groups excluding carboxylic acids is 1. The number of carbonyl (C=O) groups is 1. The van der Waals surface area contributed by atoms with Crippen molar-refractivity contribution in [2.24, 2.45) is 0 Å². The van der Waals surface area contributed by atoms with Crippen molar-refractivity contribution in [2.45, 2.75) is 30.7 Å². The van der Waals surface area contributed by atoms with E-state index in [1.165, 1.54) is 17.1 Å². The van der Waals surface area contributed by atoms with Gasteiger partial charge in [0.2, 0.25) is 5.91 Å². The first-order valence-corrected chi connectivity index (χ1v) is 11.4. The number of benzene rings is 2. The Morgan fingerprint density at radius 3 is 2.64 bits per heavy atom. The second-order valence-corrected chi connectivity index (χ2v) is 9.72. The zero-order chi connectivity index (χ0) is 17.9. The van der Waals surface area contributed by atoms with Gasteiger partial charge >= 0.3 is 0 Å². The number of rotatable bonds is 6. The van der Waals surface area contributed by atoms with Gasteiger partial charge in [-0.05, 0) is 35.7 Å². The molecule has 0 aromatic heterocycles. The Balaban J connectivity index is 1.66. The molecule has 1 aliphatic heterocycles. The Morgan fingerprint density at radius 1 is 1.20 bits per heavy atom. The molecular weight excluding hydrogens is 354 g/mol. The zero-order valence-electron chi connectivity index (χ0n) is 14.3. The molecule has 0 aliphatic carbocycles. The van der Waals surface area contributed by atoms with Gasteiger partial charge in [-0.25, -0.2) is 8.42 Å². The van der Waals surface area contributed by atoms with Crippen LogP contribution in [0.1, 0.15) is 19.8 Å². The lowest BCUT2D eigenvalue weighted by Gasteiger charge is -2.27. The van der Waals surface area contributed by atoms with Crippen LogP contribution >= 0.6 is 11.8 Å². The van der Waals surface area contributed by atoms with Crippen LogP contribution < -0.4 is 0 Å². The van der Waals surface area contributed by atoms with Crippen LogP contribution in [0.3, 0.4) is 0 Å². The molecule has 134 valence electrons. The molecule has 4 nitrogen and oxygen atoms in total. The second kappa shape index (κ2) is 7.79. The standard InChI is InChI=1S/C19H23NO3S2/c1-2-10-20(17-9-11-25(22,23)14-17)19(21)13-24-18-8-7-15-5-3-4-6-16(15)12-18/h3-8,12,17H,2,9-11,13-14H2,1H3/t17-/m0/s1. The van der Waals surface area contributed by atoms with E-state index < -0.39 is 9.84 Å². The van der Waals surface area contributed by atoms with Gasteiger partial charge in [-0.3, -0.25) is 4.79 Å². The van der Waals surface area contributed by atoms with E-state index in [-0.39, 0.29) is 23.5 Å². The van der Waals surface area contributed by atoms with E-state index in [1.54, 1.807) is 4.90 Å². The maximum Gasteiger partial charge on any atom is 0.233 e. The minimum atomic E-state index is -2.98. The third kappa shape index (κ3) is 4.55. The highest BCUT2D eigenvalue weighted by molar-refractivity contribution is 8.00. The second-order valence-electron chi connectivity index (χ2n) is 6.44. The van der Waals surface area contributed by atoms with E-state index in [0.717, 1.165) is 16.7 Å². The summed E-state index contributed by atoms with van der Waals surface area (Å²) in [6.07, 6.45) is 1.40. The van der Waals surface area contributed by atoms with E-state index in [1.807, 2.05) is 25.1 Å². The molecule has 0 radical (unpaired) electrons. The van der Waals surface area contributed by atoms with Crippen molar-refractivity contribution in [3.8, 4) is 0 Å². The molecule has 6 heteroatoms. The summed E-state index contributed by atoms with van der Waals surface area (Å²) < 4.78 is 23.5. The van der Waals surface area contributed by atoms with Crippen LogP contribution in [-0.2, 0) is 14.6 Å². The summed E-state index contributed by atoms with van der Waals surface area (Å²) in [4.78, 5) is 15.5. The van der Waals surface area contributed by atoms with Gasteiger partial charge in [0.25, 0.3) is 0 Å². The first-order chi connectivity index (χ1) is 12.0. The SMILES string of the molecule is CCCN(C(=O)CSc1ccc2ccccc2c1)[C@H]1CCS(=O)(=O)C1. The fraction of sp³-hybridized carbons (Fsp3) is 0.421. The molecule has 3 rings (SSSR count). The fourth-order valence-electron chi connectivity index (χ4n) is 3.26. The topological polar surface area (TPSA) is 54.5 Å². The molecule has 25 heavy (non-hydrogen) atoms. The van der Waals surface area contributed by atoms with Gasteiger partial charge in [-0.2, -0.15) is 0 Å². The van der Waals surface area contributed by atoms with Crippen LogP contribution in [0.5, 0.6) is 0 Å². The van der Waals surface area contributed by atoms with E-state index in [4.69, 9.17) is 0 Å². The lowest BCUT2D eigenvalue weighted by Crippen LogP contribution is -2.42. The number of sulfone groups is 1. The van der Waals surface area contributed by atoms with Crippen LogP contribution in [0.4, 0.5) is 0 Å². The van der Waals surface area contributed by atoms with E-state index in [0.29, 0.717) is 18.7 Å². The quantitative estimate of drug-likeness (QED) is 0.725. The number of hydrogen-bond acceptors (Lipinski definition) is 4. The Labute approximate surface area is 153 Å². The summed E-state index contributed by atoms with van der Waals surface area (Å²) in [5.74, 6) is 0.680. The Bertz CT molecular complexity index is 864. The van der Waals surface area contributed by atoms with E-state index >= 15 is 0 Å². The molecule has 1 heterocycles. The largest absolute Gasteiger partial charge is 0.338 e. The van der Waals surface area contributed by atoms with Gasteiger partial charge in [-0.15, -0.1) is 11.8 Å². The van der Waals surface area contributed by atoms with Gasteiger partial charge in [0, 0.05) is 17.5 Å². The summed E-state index contributed by atoms with van der Waals surface area (Å²) in [6.45, 7) is 2.64. The molecule has 0 saturated carbocycles. The Kier molecular flexibility index (Phi) is 5.69. The Morgan fingerprint density at radius 2 is 1.96 bits per heavy atom. The first kappa shape index (κ1) is 18.3. The third-order valence-electron chi connectivity index (χ3n) is 4.52. The molecular formula is C19H23NO3S2. The van der Waals surface area contributed by atoms with Gasteiger partial charge in [-0.1, -0.05) is 37.3 Å². The van der Waals surface area contributed by atoms with Crippen LogP contribution in [0.2, 0.25) is 0 Å². The van der Waals surface area contributed by atoms with E-state index in [2.05, 4.69) is 24.3 Å². The molecule has 1 amide bonds. The monoisotopic (exact) mass is 377 g/mol. The van der Waals surface area contributed by atoms with Crippen molar-refractivity contribution in [2.75, 3.05) is 23.8 Å². The Hall–Kier alpha value is -1.53. The molecule has 0 unspecified atom stereocenters.